The van der Waals surface area contributed by atoms with E-state index in [1.165, 1.54) is 22.3 Å². The maximum Gasteiger partial charge on any atom is 0.250 e. The Kier molecular flexibility index (Phi) is 8.83. The van der Waals surface area contributed by atoms with Crippen LogP contribution in [0.1, 0.15) is 60.7 Å². The highest BCUT2D eigenvalue weighted by atomic mass is 16.1. The van der Waals surface area contributed by atoms with Crippen LogP contribution < -0.4 is 5.73 Å². The first-order valence-electron chi connectivity index (χ1n) is 14.1. The number of aromatic nitrogens is 2. The summed E-state index contributed by atoms with van der Waals surface area (Å²) in [4.78, 5) is 25.1. The predicted molar refractivity (Wildman–Crippen MR) is 160 cm³/mol. The average Bonchev–Trinajstić information content (AvgIpc) is 2.98. The van der Waals surface area contributed by atoms with Crippen LogP contribution in [0.5, 0.6) is 0 Å². The van der Waals surface area contributed by atoms with Gasteiger partial charge in [0.25, 0.3) is 5.91 Å². The predicted octanol–water partition coefficient (Wildman–Crippen LogP) is 4.87. The Balaban J connectivity index is 0.000000165. The molecule has 0 radical (unpaired) electrons. The molecule has 4 heterocycles. The number of hydrogen-bond donors (Lipinski definition) is 1. The highest BCUT2D eigenvalue weighted by molar-refractivity contribution is 5.95. The molecule has 2 N–H and O–H groups in total. The van der Waals surface area contributed by atoms with Crippen molar-refractivity contribution in [2.24, 2.45) is 5.73 Å². The van der Waals surface area contributed by atoms with Gasteiger partial charge in [-0.15, -0.1) is 0 Å². The number of nitrogens with zero attached hydrogens (tertiary/aromatic N) is 5. The number of amides is 1. The first-order valence-corrected chi connectivity index (χ1v) is 14.1. The molecule has 2 aliphatic heterocycles. The van der Waals surface area contributed by atoms with Crippen LogP contribution in [0.15, 0.2) is 73.1 Å². The van der Waals surface area contributed by atoms with E-state index in [1.54, 1.807) is 0 Å². The fourth-order valence-corrected chi connectivity index (χ4v) is 5.84. The largest absolute Gasteiger partial charge is 0.366 e. The van der Waals surface area contributed by atoms with E-state index in [0.29, 0.717) is 5.56 Å². The van der Waals surface area contributed by atoms with E-state index in [2.05, 4.69) is 74.4 Å². The van der Waals surface area contributed by atoms with Crippen LogP contribution in [0.25, 0.3) is 0 Å². The summed E-state index contributed by atoms with van der Waals surface area (Å²) in [7, 11) is 0. The molecule has 2 aromatic heterocycles. The molecule has 0 bridgehead atoms. The van der Waals surface area contributed by atoms with Crippen LogP contribution in [-0.4, -0.2) is 38.8 Å². The third-order valence-electron chi connectivity index (χ3n) is 7.93. The number of hydrogen-bond acceptors (Lipinski definition) is 6. The lowest BCUT2D eigenvalue weighted by Gasteiger charge is -2.29. The standard InChI is InChI=1S/C17H19N3O.C17H17N3/c1-12-16(17(18)21)15-7-8-20(11-14(15)9-19-12)10-13-5-3-2-4-6-13;1-13-17(9-18)16-7-8-20(12-15(16)10-19-13)11-14-5-3-2-4-6-14/h2-6,9H,7-8,10-11H2,1H3,(H2,18,21);2-6,10H,7-8,11-12H2,1H3. The molecule has 0 saturated heterocycles. The molecular weight excluding hydrogens is 508 g/mol. The number of rotatable bonds is 5. The van der Waals surface area contributed by atoms with Crippen LogP contribution in [0, 0.1) is 25.2 Å². The lowest BCUT2D eigenvalue weighted by Crippen LogP contribution is -2.32. The van der Waals surface area contributed by atoms with Crippen LogP contribution in [0.4, 0.5) is 0 Å². The van der Waals surface area contributed by atoms with Crippen molar-refractivity contribution in [2.45, 2.75) is 52.9 Å². The molecule has 6 rings (SSSR count). The van der Waals surface area contributed by atoms with Gasteiger partial charge in [-0.2, -0.15) is 5.26 Å². The molecule has 0 unspecified atom stereocenters. The van der Waals surface area contributed by atoms with Gasteiger partial charge in [-0.05, 0) is 60.1 Å². The van der Waals surface area contributed by atoms with Crippen LogP contribution in [0.2, 0.25) is 0 Å². The number of nitriles is 1. The Morgan fingerprint density at radius 3 is 1.80 bits per heavy atom. The van der Waals surface area contributed by atoms with E-state index < -0.39 is 0 Å². The zero-order valence-electron chi connectivity index (χ0n) is 23.8. The van der Waals surface area contributed by atoms with Gasteiger partial charge < -0.3 is 5.73 Å². The summed E-state index contributed by atoms with van der Waals surface area (Å²) < 4.78 is 0. The summed E-state index contributed by atoms with van der Waals surface area (Å²) in [5, 5.41) is 9.27. The summed E-state index contributed by atoms with van der Waals surface area (Å²) in [6.07, 6.45) is 5.61. The molecule has 0 fully saturated rings. The van der Waals surface area contributed by atoms with Crippen molar-refractivity contribution in [1.29, 1.82) is 5.26 Å². The van der Waals surface area contributed by atoms with E-state index in [-0.39, 0.29) is 5.91 Å². The molecule has 7 heteroatoms. The minimum atomic E-state index is -0.367. The molecule has 41 heavy (non-hydrogen) atoms. The summed E-state index contributed by atoms with van der Waals surface area (Å²) in [6, 6.07) is 23.2. The van der Waals surface area contributed by atoms with Crippen molar-refractivity contribution in [2.75, 3.05) is 13.1 Å². The zero-order valence-corrected chi connectivity index (χ0v) is 23.8. The van der Waals surface area contributed by atoms with E-state index in [9.17, 15) is 10.1 Å². The molecule has 2 aliphatic rings. The molecule has 1 amide bonds. The summed E-state index contributed by atoms with van der Waals surface area (Å²) >= 11 is 0. The molecule has 0 spiro atoms. The number of fused-ring (bicyclic) bond motifs is 2. The maximum atomic E-state index is 11.6. The second kappa shape index (κ2) is 12.9. The number of carbonyl (C=O) groups is 1. The second-order valence-corrected chi connectivity index (χ2v) is 10.8. The number of benzene rings is 2. The normalized spacial score (nSPS) is 14.7. The van der Waals surface area contributed by atoms with Gasteiger partial charge in [0.2, 0.25) is 0 Å². The van der Waals surface area contributed by atoms with E-state index in [1.807, 2.05) is 38.4 Å². The minimum absolute atomic E-state index is 0.367. The Labute approximate surface area is 242 Å². The van der Waals surface area contributed by atoms with Crippen molar-refractivity contribution in [3.8, 4) is 6.07 Å². The SMILES string of the molecule is Cc1ncc2c(c1C#N)CCN(Cc1ccccc1)C2.Cc1ncc2c(c1C(N)=O)CCN(Cc1ccccc1)C2. The molecule has 2 aromatic carbocycles. The van der Waals surface area contributed by atoms with Crippen molar-refractivity contribution < 1.29 is 4.79 Å². The topological polar surface area (TPSA) is 99.1 Å². The highest BCUT2D eigenvalue weighted by Gasteiger charge is 2.23. The quantitative estimate of drug-likeness (QED) is 0.385. The molecule has 4 aromatic rings. The smallest absolute Gasteiger partial charge is 0.250 e. The van der Waals surface area contributed by atoms with Crippen molar-refractivity contribution >= 4 is 5.91 Å². The lowest BCUT2D eigenvalue weighted by atomic mass is 9.94. The van der Waals surface area contributed by atoms with E-state index in [0.717, 1.165) is 80.2 Å². The lowest BCUT2D eigenvalue weighted by molar-refractivity contribution is 0.0997. The van der Waals surface area contributed by atoms with Gasteiger partial charge in [0.1, 0.15) is 6.07 Å². The first-order chi connectivity index (χ1) is 19.9. The molecule has 0 aliphatic carbocycles. The van der Waals surface area contributed by atoms with Crippen molar-refractivity contribution in [1.82, 2.24) is 19.8 Å². The summed E-state index contributed by atoms with van der Waals surface area (Å²) in [6.45, 7) is 9.26. The molecule has 7 nitrogen and oxygen atoms in total. The number of pyridine rings is 2. The van der Waals surface area contributed by atoms with Gasteiger partial charge in [-0.25, -0.2) is 0 Å². The van der Waals surface area contributed by atoms with Gasteiger partial charge in [0, 0.05) is 51.7 Å². The summed E-state index contributed by atoms with van der Waals surface area (Å²) in [5.41, 5.74) is 15.7. The Morgan fingerprint density at radius 2 is 1.29 bits per heavy atom. The van der Waals surface area contributed by atoms with E-state index in [4.69, 9.17) is 5.73 Å². The van der Waals surface area contributed by atoms with Gasteiger partial charge in [0.15, 0.2) is 0 Å². The van der Waals surface area contributed by atoms with Crippen molar-refractivity contribution in [3.05, 3.63) is 129 Å². The molecule has 0 atom stereocenters. The second-order valence-electron chi connectivity index (χ2n) is 10.8. The average molecular weight is 545 g/mol. The maximum absolute atomic E-state index is 11.6. The highest BCUT2D eigenvalue weighted by Crippen LogP contribution is 2.25. The third-order valence-corrected chi connectivity index (χ3v) is 7.93. The molecule has 208 valence electrons. The number of primary amides is 1. The van der Waals surface area contributed by atoms with Gasteiger partial charge >= 0.3 is 0 Å². The van der Waals surface area contributed by atoms with Gasteiger partial charge in [0.05, 0.1) is 22.5 Å². The van der Waals surface area contributed by atoms with Crippen LogP contribution in [-0.2, 0) is 39.0 Å². The molecular formula is C34H36N6O. The summed E-state index contributed by atoms with van der Waals surface area (Å²) in [5.74, 6) is -0.367. The zero-order chi connectivity index (χ0) is 28.8. The van der Waals surface area contributed by atoms with Crippen LogP contribution in [0.3, 0.4) is 0 Å². The van der Waals surface area contributed by atoms with Gasteiger partial charge in [-0.3, -0.25) is 24.6 Å². The number of nitrogens with two attached hydrogens (primary N) is 1. The Bertz CT molecular complexity index is 1560. The third kappa shape index (κ3) is 6.68. The Hall–Kier alpha value is -4.38. The Morgan fingerprint density at radius 1 is 0.805 bits per heavy atom. The number of carbonyl (C=O) groups excluding carboxylic acids is 1. The van der Waals surface area contributed by atoms with E-state index >= 15 is 0 Å². The fourth-order valence-electron chi connectivity index (χ4n) is 5.84. The first kappa shape index (κ1) is 28.2. The number of aryl methyl sites for hydroxylation is 2. The van der Waals surface area contributed by atoms with Crippen LogP contribution >= 0.6 is 0 Å². The fraction of sp³-hybridized carbons (Fsp3) is 0.294. The monoisotopic (exact) mass is 544 g/mol. The minimum Gasteiger partial charge on any atom is -0.366 e. The van der Waals surface area contributed by atoms with Gasteiger partial charge in [-0.1, -0.05) is 60.7 Å². The molecule has 0 saturated carbocycles. The van der Waals surface area contributed by atoms with Crippen molar-refractivity contribution in [3.63, 3.8) is 0 Å².